The van der Waals surface area contributed by atoms with Gasteiger partial charge in [0.1, 0.15) is 0 Å². The first-order valence-corrected chi connectivity index (χ1v) is 8.86. The summed E-state index contributed by atoms with van der Waals surface area (Å²) in [7, 11) is -3.38. The van der Waals surface area contributed by atoms with E-state index >= 15 is 0 Å². The standard InChI is InChI=1S/C16H27NO2S/c1-6-8-9-10-17(7-2)20(18,19)16-14(4)11-13(3)12-15(16)5/h11-12H,6-10H2,1-5H3. The molecular formula is C16H27NO2S. The average Bonchev–Trinajstić information content (AvgIpc) is 2.32. The zero-order chi connectivity index (χ0) is 15.3. The summed E-state index contributed by atoms with van der Waals surface area (Å²) in [5, 5.41) is 0. The van der Waals surface area contributed by atoms with Gasteiger partial charge in [0.25, 0.3) is 0 Å². The highest BCUT2D eigenvalue weighted by Gasteiger charge is 2.26. The van der Waals surface area contributed by atoms with Crippen molar-refractivity contribution in [2.24, 2.45) is 0 Å². The van der Waals surface area contributed by atoms with E-state index in [1.165, 1.54) is 0 Å². The van der Waals surface area contributed by atoms with Crippen LogP contribution >= 0.6 is 0 Å². The third-order valence-electron chi connectivity index (χ3n) is 3.57. The fourth-order valence-electron chi connectivity index (χ4n) is 2.69. The Bertz CT molecular complexity index is 527. The first-order chi connectivity index (χ1) is 9.34. The van der Waals surface area contributed by atoms with Crippen LogP contribution in [0.5, 0.6) is 0 Å². The molecule has 20 heavy (non-hydrogen) atoms. The van der Waals surface area contributed by atoms with Crippen molar-refractivity contribution in [1.29, 1.82) is 0 Å². The van der Waals surface area contributed by atoms with Crippen LogP contribution in [0.25, 0.3) is 0 Å². The molecule has 114 valence electrons. The first kappa shape index (κ1) is 17.2. The van der Waals surface area contributed by atoms with Crippen molar-refractivity contribution in [3.63, 3.8) is 0 Å². The van der Waals surface area contributed by atoms with Gasteiger partial charge in [-0.25, -0.2) is 8.42 Å². The molecule has 0 saturated heterocycles. The Morgan fingerprint density at radius 3 is 2.00 bits per heavy atom. The molecule has 0 aliphatic heterocycles. The molecule has 0 aliphatic carbocycles. The maximum absolute atomic E-state index is 12.8. The SMILES string of the molecule is CCCCCN(CC)S(=O)(=O)c1c(C)cc(C)cc1C. The van der Waals surface area contributed by atoms with Crippen LogP contribution in [-0.2, 0) is 10.0 Å². The van der Waals surface area contributed by atoms with Crippen molar-refractivity contribution in [2.75, 3.05) is 13.1 Å². The quantitative estimate of drug-likeness (QED) is 0.718. The van der Waals surface area contributed by atoms with Crippen molar-refractivity contribution in [3.8, 4) is 0 Å². The van der Waals surface area contributed by atoms with E-state index in [2.05, 4.69) is 6.92 Å². The summed E-state index contributed by atoms with van der Waals surface area (Å²) in [6.07, 6.45) is 3.09. The minimum absolute atomic E-state index is 0.487. The zero-order valence-corrected chi connectivity index (χ0v) is 14.2. The lowest BCUT2D eigenvalue weighted by Crippen LogP contribution is -2.32. The van der Waals surface area contributed by atoms with E-state index in [4.69, 9.17) is 0 Å². The fraction of sp³-hybridized carbons (Fsp3) is 0.625. The van der Waals surface area contributed by atoms with Crippen LogP contribution in [0.15, 0.2) is 17.0 Å². The molecule has 0 fully saturated rings. The Balaban J connectivity index is 3.14. The second kappa shape index (κ2) is 7.23. The number of hydrogen-bond acceptors (Lipinski definition) is 2. The van der Waals surface area contributed by atoms with Gasteiger partial charge in [-0.1, -0.05) is 44.4 Å². The molecule has 4 heteroatoms. The zero-order valence-electron chi connectivity index (χ0n) is 13.4. The van der Waals surface area contributed by atoms with E-state index in [-0.39, 0.29) is 0 Å². The Hall–Kier alpha value is -0.870. The van der Waals surface area contributed by atoms with E-state index < -0.39 is 10.0 Å². The molecule has 1 aromatic carbocycles. The molecule has 0 spiro atoms. The summed E-state index contributed by atoms with van der Waals surface area (Å²) >= 11 is 0. The summed E-state index contributed by atoms with van der Waals surface area (Å²) in [5.41, 5.74) is 2.79. The number of benzene rings is 1. The number of nitrogens with zero attached hydrogens (tertiary/aromatic N) is 1. The monoisotopic (exact) mass is 297 g/mol. The fourth-order valence-corrected chi connectivity index (χ4v) is 4.59. The third kappa shape index (κ3) is 3.83. The van der Waals surface area contributed by atoms with E-state index in [1.807, 2.05) is 39.8 Å². The highest BCUT2D eigenvalue weighted by Crippen LogP contribution is 2.25. The number of rotatable bonds is 7. The van der Waals surface area contributed by atoms with Crippen LogP contribution in [0.2, 0.25) is 0 Å². The van der Waals surface area contributed by atoms with Gasteiger partial charge in [-0.05, 0) is 38.3 Å². The lowest BCUT2D eigenvalue weighted by atomic mass is 10.1. The van der Waals surface area contributed by atoms with Crippen molar-refractivity contribution >= 4 is 10.0 Å². The number of sulfonamides is 1. The van der Waals surface area contributed by atoms with Gasteiger partial charge in [-0.3, -0.25) is 0 Å². The summed E-state index contributed by atoms with van der Waals surface area (Å²) in [6, 6.07) is 3.89. The second-order valence-corrected chi connectivity index (χ2v) is 7.31. The van der Waals surface area contributed by atoms with E-state index in [0.29, 0.717) is 18.0 Å². The molecule has 1 rings (SSSR count). The Morgan fingerprint density at radius 1 is 1.00 bits per heavy atom. The highest BCUT2D eigenvalue weighted by molar-refractivity contribution is 7.89. The molecular weight excluding hydrogens is 270 g/mol. The van der Waals surface area contributed by atoms with E-state index in [1.54, 1.807) is 4.31 Å². The Morgan fingerprint density at radius 2 is 1.55 bits per heavy atom. The number of aryl methyl sites for hydroxylation is 3. The molecule has 0 unspecified atom stereocenters. The number of unbranched alkanes of at least 4 members (excludes halogenated alkanes) is 2. The van der Waals surface area contributed by atoms with Crippen LogP contribution in [0.1, 0.15) is 49.8 Å². The molecule has 0 atom stereocenters. The van der Waals surface area contributed by atoms with Crippen molar-refractivity contribution < 1.29 is 8.42 Å². The first-order valence-electron chi connectivity index (χ1n) is 7.42. The van der Waals surface area contributed by atoms with Gasteiger partial charge in [0.15, 0.2) is 0 Å². The predicted octanol–water partition coefficient (Wildman–Crippen LogP) is 3.81. The maximum atomic E-state index is 12.8. The smallest absolute Gasteiger partial charge is 0.207 e. The molecule has 3 nitrogen and oxygen atoms in total. The van der Waals surface area contributed by atoms with Gasteiger partial charge < -0.3 is 0 Å². The number of hydrogen-bond donors (Lipinski definition) is 0. The molecule has 0 aliphatic rings. The van der Waals surface area contributed by atoms with Gasteiger partial charge in [-0.15, -0.1) is 0 Å². The average molecular weight is 297 g/mol. The molecule has 0 radical (unpaired) electrons. The predicted molar refractivity (Wildman–Crippen MR) is 84.6 cm³/mol. The second-order valence-electron chi connectivity index (χ2n) is 5.43. The lowest BCUT2D eigenvalue weighted by Gasteiger charge is -2.23. The lowest BCUT2D eigenvalue weighted by molar-refractivity contribution is 0.414. The Labute approximate surface area is 124 Å². The molecule has 0 saturated carbocycles. The van der Waals surface area contributed by atoms with Crippen LogP contribution in [0.3, 0.4) is 0 Å². The van der Waals surface area contributed by atoms with Crippen molar-refractivity contribution in [3.05, 3.63) is 28.8 Å². The van der Waals surface area contributed by atoms with Crippen LogP contribution < -0.4 is 0 Å². The molecule has 1 aromatic rings. The minimum atomic E-state index is -3.38. The molecule has 0 bridgehead atoms. The molecule has 0 heterocycles. The topological polar surface area (TPSA) is 37.4 Å². The summed E-state index contributed by atoms with van der Waals surface area (Å²) in [5.74, 6) is 0. The van der Waals surface area contributed by atoms with E-state index in [0.717, 1.165) is 36.0 Å². The van der Waals surface area contributed by atoms with Crippen LogP contribution in [-0.4, -0.2) is 25.8 Å². The Kier molecular flexibility index (Phi) is 6.21. The van der Waals surface area contributed by atoms with Crippen molar-refractivity contribution in [2.45, 2.75) is 58.8 Å². The summed E-state index contributed by atoms with van der Waals surface area (Å²) < 4.78 is 27.3. The largest absolute Gasteiger partial charge is 0.243 e. The van der Waals surface area contributed by atoms with Gasteiger partial charge in [0.2, 0.25) is 10.0 Å². The highest BCUT2D eigenvalue weighted by atomic mass is 32.2. The normalized spacial score (nSPS) is 12.1. The molecule has 0 aromatic heterocycles. The minimum Gasteiger partial charge on any atom is -0.207 e. The summed E-state index contributed by atoms with van der Waals surface area (Å²) in [6.45, 7) is 10.9. The summed E-state index contributed by atoms with van der Waals surface area (Å²) in [4.78, 5) is 0.487. The van der Waals surface area contributed by atoms with Gasteiger partial charge >= 0.3 is 0 Å². The van der Waals surface area contributed by atoms with E-state index in [9.17, 15) is 8.42 Å². The third-order valence-corrected chi connectivity index (χ3v) is 5.85. The maximum Gasteiger partial charge on any atom is 0.243 e. The van der Waals surface area contributed by atoms with Crippen LogP contribution in [0.4, 0.5) is 0 Å². The van der Waals surface area contributed by atoms with Gasteiger partial charge in [0.05, 0.1) is 4.90 Å². The van der Waals surface area contributed by atoms with Crippen molar-refractivity contribution in [1.82, 2.24) is 4.31 Å². The van der Waals surface area contributed by atoms with Gasteiger partial charge in [-0.2, -0.15) is 4.31 Å². The van der Waals surface area contributed by atoms with Gasteiger partial charge in [0, 0.05) is 13.1 Å². The molecule has 0 amide bonds. The van der Waals surface area contributed by atoms with Crippen LogP contribution in [0, 0.1) is 20.8 Å². The molecule has 0 N–H and O–H groups in total.